The maximum absolute atomic E-state index is 13.1. The van der Waals surface area contributed by atoms with Crippen LogP contribution >= 0.6 is 0 Å². The normalized spacial score (nSPS) is 39.7. The van der Waals surface area contributed by atoms with E-state index in [9.17, 15) is 14.4 Å². The number of para-hydroxylation sites is 1. The van der Waals surface area contributed by atoms with Crippen molar-refractivity contribution in [3.8, 4) is 0 Å². The molecule has 1 aromatic carbocycles. The first-order valence-corrected chi connectivity index (χ1v) is 8.15. The molecule has 0 saturated carbocycles. The summed E-state index contributed by atoms with van der Waals surface area (Å²) in [5.41, 5.74) is -0.925. The molecule has 0 radical (unpaired) electrons. The van der Waals surface area contributed by atoms with Crippen LogP contribution in [0, 0.1) is 17.8 Å². The van der Waals surface area contributed by atoms with Crippen molar-refractivity contribution in [3.05, 3.63) is 30.3 Å². The predicted molar refractivity (Wildman–Crippen MR) is 86.0 cm³/mol. The number of ether oxygens (including phenoxy) is 1. The molecule has 5 unspecified atom stereocenters. The Balaban J connectivity index is 1.68. The SMILES string of the molecule is CN(C(=O)C1CC2(C)OC1(C)C1C(=O)NC(=O)C12)c1ccccc1. The Kier molecular flexibility index (Phi) is 2.98. The summed E-state index contributed by atoms with van der Waals surface area (Å²) in [6.07, 6.45) is 0.446. The maximum Gasteiger partial charge on any atom is 0.233 e. The van der Waals surface area contributed by atoms with Crippen LogP contribution in [0.15, 0.2) is 30.3 Å². The molecular weight excluding hydrogens is 308 g/mol. The molecule has 3 aliphatic rings. The van der Waals surface area contributed by atoms with Crippen molar-refractivity contribution >= 4 is 23.4 Å². The lowest BCUT2D eigenvalue weighted by Crippen LogP contribution is -2.52. The van der Waals surface area contributed by atoms with E-state index in [4.69, 9.17) is 4.74 Å². The quantitative estimate of drug-likeness (QED) is 0.825. The van der Waals surface area contributed by atoms with Gasteiger partial charge in [-0.15, -0.1) is 0 Å². The number of amides is 3. The molecule has 0 aromatic heterocycles. The van der Waals surface area contributed by atoms with Crippen molar-refractivity contribution in [2.75, 3.05) is 11.9 Å². The second kappa shape index (κ2) is 4.66. The molecular formula is C18H20N2O4. The third-order valence-electron chi connectivity index (χ3n) is 5.95. The number of hydrogen-bond acceptors (Lipinski definition) is 4. The maximum atomic E-state index is 13.1. The highest BCUT2D eigenvalue weighted by molar-refractivity contribution is 6.08. The van der Waals surface area contributed by atoms with Gasteiger partial charge in [0.2, 0.25) is 17.7 Å². The molecule has 6 heteroatoms. The van der Waals surface area contributed by atoms with Crippen LogP contribution in [0.2, 0.25) is 0 Å². The molecule has 3 aliphatic heterocycles. The highest BCUT2D eigenvalue weighted by Gasteiger charge is 2.75. The molecule has 3 heterocycles. The van der Waals surface area contributed by atoms with Gasteiger partial charge in [0.1, 0.15) is 0 Å². The number of benzene rings is 1. The summed E-state index contributed by atoms with van der Waals surface area (Å²) in [4.78, 5) is 39.1. The minimum Gasteiger partial charge on any atom is -0.367 e. The van der Waals surface area contributed by atoms with Crippen molar-refractivity contribution in [1.82, 2.24) is 5.32 Å². The van der Waals surface area contributed by atoms with E-state index in [1.807, 2.05) is 37.3 Å². The van der Waals surface area contributed by atoms with Gasteiger partial charge in [-0.05, 0) is 32.4 Å². The van der Waals surface area contributed by atoms with Crippen LogP contribution < -0.4 is 10.2 Å². The van der Waals surface area contributed by atoms with E-state index in [2.05, 4.69) is 5.32 Å². The number of carbonyl (C=O) groups excluding carboxylic acids is 3. The topological polar surface area (TPSA) is 75.7 Å². The number of hydrogen-bond donors (Lipinski definition) is 1. The molecule has 2 bridgehead atoms. The minimum absolute atomic E-state index is 0.0852. The van der Waals surface area contributed by atoms with E-state index in [0.29, 0.717) is 6.42 Å². The standard InChI is InChI=1S/C18H20N2O4/c1-17-9-11(16(23)20(3)10-7-5-4-6-8-10)18(2,24-17)13-12(17)14(21)19-15(13)22/h4-8,11-13H,9H2,1-3H3,(H,19,21,22). The van der Waals surface area contributed by atoms with E-state index in [-0.39, 0.29) is 17.7 Å². The zero-order chi connectivity index (χ0) is 17.3. The molecule has 0 spiro atoms. The Hall–Kier alpha value is -2.21. The molecule has 126 valence electrons. The van der Waals surface area contributed by atoms with Gasteiger partial charge in [0.15, 0.2) is 0 Å². The predicted octanol–water partition coefficient (Wildman–Crippen LogP) is 1.11. The second-order valence-corrected chi connectivity index (χ2v) is 7.40. The van der Waals surface area contributed by atoms with Crippen LogP contribution in [0.4, 0.5) is 5.69 Å². The van der Waals surface area contributed by atoms with Crippen molar-refractivity contribution in [1.29, 1.82) is 0 Å². The van der Waals surface area contributed by atoms with E-state index in [0.717, 1.165) is 5.69 Å². The highest BCUT2D eigenvalue weighted by atomic mass is 16.5. The molecule has 24 heavy (non-hydrogen) atoms. The van der Waals surface area contributed by atoms with Crippen LogP contribution in [0.5, 0.6) is 0 Å². The average Bonchev–Trinajstić information content (AvgIpc) is 3.10. The molecule has 3 amide bonds. The summed E-state index contributed by atoms with van der Waals surface area (Å²) in [7, 11) is 1.73. The van der Waals surface area contributed by atoms with Gasteiger partial charge in [0, 0.05) is 12.7 Å². The summed E-state index contributed by atoms with van der Waals surface area (Å²) in [5.74, 6) is -2.23. The first-order chi connectivity index (χ1) is 11.3. The zero-order valence-corrected chi connectivity index (χ0v) is 13.9. The number of imide groups is 1. The van der Waals surface area contributed by atoms with Crippen molar-refractivity contribution < 1.29 is 19.1 Å². The number of fused-ring (bicyclic) bond motifs is 5. The van der Waals surface area contributed by atoms with Gasteiger partial charge in [0.25, 0.3) is 0 Å². The third kappa shape index (κ3) is 1.77. The van der Waals surface area contributed by atoms with E-state index in [1.165, 1.54) is 0 Å². The Morgan fingerprint density at radius 3 is 2.46 bits per heavy atom. The number of nitrogens with one attached hydrogen (secondary N) is 1. The smallest absolute Gasteiger partial charge is 0.233 e. The monoisotopic (exact) mass is 328 g/mol. The lowest BCUT2D eigenvalue weighted by atomic mass is 9.63. The number of rotatable bonds is 2. The van der Waals surface area contributed by atoms with E-state index in [1.54, 1.807) is 18.9 Å². The fraction of sp³-hybridized carbons (Fsp3) is 0.500. The molecule has 3 fully saturated rings. The van der Waals surface area contributed by atoms with Crippen LogP contribution in [-0.4, -0.2) is 36.0 Å². The van der Waals surface area contributed by atoms with Gasteiger partial charge in [-0.25, -0.2) is 0 Å². The molecule has 1 N–H and O–H groups in total. The fourth-order valence-corrected chi connectivity index (χ4v) is 4.84. The van der Waals surface area contributed by atoms with Crippen LogP contribution in [0.3, 0.4) is 0 Å². The van der Waals surface area contributed by atoms with Gasteiger partial charge in [-0.3, -0.25) is 19.7 Å². The zero-order valence-electron chi connectivity index (χ0n) is 13.9. The van der Waals surface area contributed by atoms with Crippen molar-refractivity contribution in [2.24, 2.45) is 17.8 Å². The molecule has 5 atom stereocenters. The molecule has 6 nitrogen and oxygen atoms in total. The van der Waals surface area contributed by atoms with Gasteiger partial charge >= 0.3 is 0 Å². The van der Waals surface area contributed by atoms with Crippen molar-refractivity contribution in [2.45, 2.75) is 31.5 Å². The summed E-state index contributed by atoms with van der Waals surface area (Å²) in [6, 6.07) is 9.37. The minimum atomic E-state index is -0.949. The Bertz CT molecular complexity index is 749. The van der Waals surface area contributed by atoms with Crippen LogP contribution in [-0.2, 0) is 19.1 Å². The molecule has 4 rings (SSSR count). The first-order valence-electron chi connectivity index (χ1n) is 8.15. The summed E-state index contributed by atoms with van der Waals surface area (Å²) in [5, 5.41) is 2.41. The number of anilines is 1. The summed E-state index contributed by atoms with van der Waals surface area (Å²) < 4.78 is 6.15. The second-order valence-electron chi connectivity index (χ2n) is 7.40. The number of nitrogens with zero attached hydrogens (tertiary/aromatic N) is 1. The largest absolute Gasteiger partial charge is 0.367 e. The lowest BCUT2D eigenvalue weighted by molar-refractivity contribution is -0.136. The van der Waals surface area contributed by atoms with E-state index >= 15 is 0 Å². The summed E-state index contributed by atoms with van der Waals surface area (Å²) in [6.45, 7) is 3.63. The van der Waals surface area contributed by atoms with Gasteiger partial charge in [0.05, 0.1) is 29.0 Å². The molecule has 1 aromatic rings. The Morgan fingerprint density at radius 2 is 1.79 bits per heavy atom. The third-order valence-corrected chi connectivity index (χ3v) is 5.95. The molecule has 0 aliphatic carbocycles. The Labute approximate surface area is 140 Å². The fourth-order valence-electron chi connectivity index (χ4n) is 4.84. The van der Waals surface area contributed by atoms with Gasteiger partial charge in [-0.1, -0.05) is 18.2 Å². The Morgan fingerprint density at radius 1 is 1.17 bits per heavy atom. The molecule has 3 saturated heterocycles. The summed E-state index contributed by atoms with van der Waals surface area (Å²) >= 11 is 0. The first kappa shape index (κ1) is 15.3. The number of carbonyl (C=O) groups is 3. The average molecular weight is 328 g/mol. The van der Waals surface area contributed by atoms with Crippen LogP contribution in [0.1, 0.15) is 20.3 Å². The lowest BCUT2D eigenvalue weighted by Gasteiger charge is -2.36. The van der Waals surface area contributed by atoms with E-state index < -0.39 is 29.0 Å². The van der Waals surface area contributed by atoms with Crippen molar-refractivity contribution in [3.63, 3.8) is 0 Å². The van der Waals surface area contributed by atoms with Gasteiger partial charge < -0.3 is 9.64 Å². The van der Waals surface area contributed by atoms with Crippen LogP contribution in [0.25, 0.3) is 0 Å². The van der Waals surface area contributed by atoms with Gasteiger partial charge in [-0.2, -0.15) is 0 Å². The highest BCUT2D eigenvalue weighted by Crippen LogP contribution is 2.62.